The third-order valence-electron chi connectivity index (χ3n) is 5.43. The predicted octanol–water partition coefficient (Wildman–Crippen LogP) is 8.81. The monoisotopic (exact) mass is 536 g/mol. The topological polar surface area (TPSA) is 35.0 Å². The van der Waals surface area contributed by atoms with Crippen LogP contribution in [0, 0.1) is 17.5 Å². The molecule has 0 saturated heterocycles. The summed E-state index contributed by atoms with van der Waals surface area (Å²) in [6.45, 7) is 1.44. The molecule has 3 aromatic carbocycles. The van der Waals surface area contributed by atoms with Crippen LogP contribution >= 0.6 is 0 Å². The highest BCUT2D eigenvalue weighted by Gasteiger charge is 2.34. The van der Waals surface area contributed by atoms with Crippen LogP contribution in [0.4, 0.5) is 35.1 Å². The fourth-order valence-electron chi connectivity index (χ4n) is 3.57. The number of hydrogen-bond donors (Lipinski definition) is 0. The van der Waals surface area contributed by atoms with Crippen LogP contribution in [-0.4, -0.2) is 16.3 Å². The third-order valence-corrected chi connectivity index (χ3v) is 5.43. The Bertz CT molecular complexity index is 1470. The molecule has 0 unspecified atom stereocenters. The van der Waals surface area contributed by atoms with E-state index in [0.717, 1.165) is 6.07 Å². The van der Waals surface area contributed by atoms with Crippen LogP contribution in [0.15, 0.2) is 72.8 Å². The Morgan fingerprint density at radius 3 is 1.84 bits per heavy atom. The molecule has 0 spiro atoms. The molecule has 1 heterocycles. The van der Waals surface area contributed by atoms with Crippen molar-refractivity contribution in [1.82, 2.24) is 9.97 Å². The number of nitrogens with zero attached hydrogens (tertiary/aromatic N) is 2. The molecule has 0 aliphatic rings. The number of ether oxygens (including phenoxy) is 1. The second-order valence-electron chi connectivity index (χ2n) is 7.96. The highest BCUT2D eigenvalue weighted by atomic mass is 19.4. The molecule has 0 N–H and O–H groups in total. The van der Waals surface area contributed by atoms with Gasteiger partial charge in [0.05, 0.1) is 0 Å². The molecule has 0 bridgehead atoms. The van der Waals surface area contributed by atoms with E-state index in [1.54, 1.807) is 24.3 Å². The van der Waals surface area contributed by atoms with Gasteiger partial charge in [-0.3, -0.25) is 0 Å². The molecule has 38 heavy (non-hydrogen) atoms. The molecule has 0 aliphatic carbocycles. The summed E-state index contributed by atoms with van der Waals surface area (Å²) in [5, 5.41) is 0. The van der Waals surface area contributed by atoms with Gasteiger partial charge in [-0.05, 0) is 35.7 Å². The molecular weight excluding hydrogens is 520 g/mol. The molecule has 0 saturated carbocycles. The number of rotatable bonds is 6. The molecule has 0 aliphatic heterocycles. The van der Waals surface area contributed by atoms with Gasteiger partial charge < -0.3 is 4.74 Å². The summed E-state index contributed by atoms with van der Waals surface area (Å²) in [6, 6.07) is 11.2. The van der Waals surface area contributed by atoms with Gasteiger partial charge in [-0.2, -0.15) is 0 Å². The Morgan fingerprint density at radius 2 is 1.32 bits per heavy atom. The van der Waals surface area contributed by atoms with Crippen LogP contribution in [0.5, 0.6) is 5.75 Å². The predicted molar refractivity (Wildman–Crippen MR) is 124 cm³/mol. The largest absolute Gasteiger partial charge is 0.573 e. The van der Waals surface area contributed by atoms with E-state index in [1.165, 1.54) is 31.5 Å². The van der Waals surface area contributed by atoms with Gasteiger partial charge in [0.2, 0.25) is 5.75 Å². The van der Waals surface area contributed by atoms with Crippen molar-refractivity contribution in [3.8, 4) is 39.4 Å². The van der Waals surface area contributed by atoms with Crippen LogP contribution in [-0.2, 0) is 0 Å². The lowest BCUT2D eigenvalue weighted by Gasteiger charge is -2.11. The minimum Gasteiger partial charge on any atom is -0.399 e. The Kier molecular flexibility index (Phi) is 7.47. The minimum absolute atomic E-state index is 0.148. The zero-order chi connectivity index (χ0) is 27.6. The van der Waals surface area contributed by atoms with Crippen molar-refractivity contribution >= 4 is 5.83 Å². The van der Waals surface area contributed by atoms with Crippen LogP contribution in [0.25, 0.3) is 39.5 Å². The van der Waals surface area contributed by atoms with E-state index in [9.17, 15) is 35.1 Å². The van der Waals surface area contributed by atoms with Crippen molar-refractivity contribution < 1.29 is 39.9 Å². The molecule has 0 amide bonds. The summed E-state index contributed by atoms with van der Waals surface area (Å²) in [5.74, 6) is -7.72. The first-order valence-corrected chi connectivity index (χ1v) is 11.0. The van der Waals surface area contributed by atoms with Gasteiger partial charge in [-0.25, -0.2) is 31.9 Å². The van der Waals surface area contributed by atoms with E-state index in [1.807, 2.05) is 0 Å². The number of alkyl halides is 3. The van der Waals surface area contributed by atoms with E-state index in [4.69, 9.17) is 0 Å². The molecule has 11 heteroatoms. The standard InChI is InChI=1S/C27H16F8N2O/c1-2-20(28)24(32)16-7-8-19(21(29)9-16)15-5-3-14(4-6-15)18-12-36-26(37-13-18)17-10-22(30)25(23(31)11-17)38-27(33,34)35/h3-13H,2H2,1H3. The quantitative estimate of drug-likeness (QED) is 0.231. The number of aromatic nitrogens is 2. The maximum Gasteiger partial charge on any atom is 0.573 e. The second-order valence-corrected chi connectivity index (χ2v) is 7.96. The lowest BCUT2D eigenvalue weighted by atomic mass is 9.99. The fraction of sp³-hybridized carbons (Fsp3) is 0.111. The Balaban J connectivity index is 1.55. The first-order chi connectivity index (χ1) is 18.0. The van der Waals surface area contributed by atoms with E-state index in [0.29, 0.717) is 28.8 Å². The molecule has 0 atom stereocenters. The summed E-state index contributed by atoms with van der Waals surface area (Å²) in [7, 11) is 0. The molecule has 196 valence electrons. The molecule has 4 aromatic rings. The summed E-state index contributed by atoms with van der Waals surface area (Å²) >= 11 is 0. The van der Waals surface area contributed by atoms with Crippen molar-refractivity contribution in [2.45, 2.75) is 19.7 Å². The van der Waals surface area contributed by atoms with Gasteiger partial charge in [0.25, 0.3) is 0 Å². The lowest BCUT2D eigenvalue weighted by molar-refractivity contribution is -0.276. The smallest absolute Gasteiger partial charge is 0.399 e. The lowest BCUT2D eigenvalue weighted by Crippen LogP contribution is -2.19. The second kappa shape index (κ2) is 10.6. The van der Waals surface area contributed by atoms with Crippen molar-refractivity contribution in [1.29, 1.82) is 0 Å². The molecular formula is C27H16F8N2O. The van der Waals surface area contributed by atoms with Gasteiger partial charge in [-0.1, -0.05) is 43.3 Å². The van der Waals surface area contributed by atoms with Gasteiger partial charge in [0, 0.05) is 34.6 Å². The fourth-order valence-corrected chi connectivity index (χ4v) is 3.57. The van der Waals surface area contributed by atoms with Gasteiger partial charge in [0.15, 0.2) is 23.3 Å². The van der Waals surface area contributed by atoms with Crippen LogP contribution in [0.1, 0.15) is 18.9 Å². The van der Waals surface area contributed by atoms with Gasteiger partial charge in [0.1, 0.15) is 11.6 Å². The van der Waals surface area contributed by atoms with Gasteiger partial charge in [-0.15, -0.1) is 13.2 Å². The highest BCUT2D eigenvalue weighted by Crippen LogP contribution is 2.33. The Labute approximate surface area is 211 Å². The zero-order valence-electron chi connectivity index (χ0n) is 19.4. The zero-order valence-corrected chi connectivity index (χ0v) is 19.4. The van der Waals surface area contributed by atoms with Crippen molar-refractivity contribution in [3.63, 3.8) is 0 Å². The van der Waals surface area contributed by atoms with Crippen molar-refractivity contribution in [3.05, 3.63) is 95.8 Å². The Morgan fingerprint density at radius 1 is 0.737 bits per heavy atom. The average molecular weight is 536 g/mol. The van der Waals surface area contributed by atoms with Crippen LogP contribution in [0.2, 0.25) is 0 Å². The minimum atomic E-state index is -5.27. The summed E-state index contributed by atoms with van der Waals surface area (Å²) < 4.78 is 110. The summed E-state index contributed by atoms with van der Waals surface area (Å²) in [4.78, 5) is 8.03. The number of halogens is 8. The highest BCUT2D eigenvalue weighted by molar-refractivity contribution is 5.72. The molecule has 1 aromatic heterocycles. The van der Waals surface area contributed by atoms with Crippen LogP contribution in [0.3, 0.4) is 0 Å². The van der Waals surface area contributed by atoms with Crippen LogP contribution < -0.4 is 4.74 Å². The normalized spacial score (nSPS) is 12.3. The first-order valence-electron chi connectivity index (χ1n) is 11.0. The van der Waals surface area contributed by atoms with E-state index >= 15 is 0 Å². The maximum absolute atomic E-state index is 14.6. The molecule has 4 rings (SSSR count). The number of benzene rings is 3. The molecule has 0 radical (unpaired) electrons. The summed E-state index contributed by atoms with van der Waals surface area (Å²) in [6.07, 6.45) is -2.76. The van der Waals surface area contributed by atoms with Crippen molar-refractivity contribution in [2.24, 2.45) is 0 Å². The molecule has 0 fully saturated rings. The maximum atomic E-state index is 14.6. The Hall–Kier alpha value is -4.28. The average Bonchev–Trinajstić information content (AvgIpc) is 2.89. The van der Waals surface area contributed by atoms with E-state index < -0.39 is 41.2 Å². The van der Waals surface area contributed by atoms with Crippen molar-refractivity contribution in [2.75, 3.05) is 0 Å². The number of hydrogen-bond acceptors (Lipinski definition) is 3. The van der Waals surface area contributed by atoms with E-state index in [-0.39, 0.29) is 28.9 Å². The SMILES string of the molecule is CCC(F)=C(F)c1ccc(-c2ccc(-c3cnc(-c4cc(F)c(OC(F)(F)F)c(F)c4)nc3)cc2)c(F)c1. The molecule has 3 nitrogen and oxygen atoms in total. The van der Waals surface area contributed by atoms with E-state index in [2.05, 4.69) is 14.7 Å². The van der Waals surface area contributed by atoms with Gasteiger partial charge >= 0.3 is 6.36 Å². The summed E-state index contributed by atoms with van der Waals surface area (Å²) in [5.41, 5.74) is 1.29. The third kappa shape index (κ3) is 5.82. The first kappa shape index (κ1) is 26.8. The number of allylic oxidation sites excluding steroid dienone is 1.